The third-order valence-corrected chi connectivity index (χ3v) is 6.22. The van der Waals surface area contributed by atoms with Gasteiger partial charge >= 0.3 is 0 Å². The second-order valence-electron chi connectivity index (χ2n) is 6.99. The zero-order valence-electron chi connectivity index (χ0n) is 15.3. The lowest BCUT2D eigenvalue weighted by Gasteiger charge is -2.32. The van der Waals surface area contributed by atoms with Crippen LogP contribution in [-0.4, -0.2) is 39.8 Å². The van der Waals surface area contributed by atoms with Crippen LogP contribution in [0.1, 0.15) is 34.3 Å². The predicted molar refractivity (Wildman–Crippen MR) is 105 cm³/mol. The number of rotatable bonds is 3. The maximum atomic E-state index is 12.3. The molecular formula is C19H23N5OS. The van der Waals surface area contributed by atoms with Gasteiger partial charge in [-0.3, -0.25) is 9.48 Å². The molecule has 4 rings (SSSR count). The van der Waals surface area contributed by atoms with Crippen LogP contribution in [0, 0.1) is 13.8 Å². The molecule has 7 heteroatoms. The summed E-state index contributed by atoms with van der Waals surface area (Å²) in [6.07, 6.45) is 5.21. The average Bonchev–Trinajstić information content (AvgIpc) is 3.26. The molecule has 0 unspecified atom stereocenters. The number of amides is 1. The Kier molecular flexibility index (Phi) is 4.40. The topological polar surface area (TPSA) is 63.1 Å². The Morgan fingerprint density at radius 1 is 1.27 bits per heavy atom. The summed E-state index contributed by atoms with van der Waals surface area (Å²) >= 11 is 1.76. The van der Waals surface area contributed by atoms with E-state index in [4.69, 9.17) is 4.98 Å². The fourth-order valence-electron chi connectivity index (χ4n) is 3.37. The number of aromatic nitrogens is 3. The molecule has 26 heavy (non-hydrogen) atoms. The quantitative estimate of drug-likeness (QED) is 0.771. The van der Waals surface area contributed by atoms with E-state index >= 15 is 0 Å². The molecule has 1 aliphatic rings. The van der Waals surface area contributed by atoms with E-state index in [9.17, 15) is 4.79 Å². The number of hydrogen-bond donors (Lipinski definition) is 1. The van der Waals surface area contributed by atoms with E-state index in [1.165, 1.54) is 15.8 Å². The van der Waals surface area contributed by atoms with Gasteiger partial charge in [-0.25, -0.2) is 4.98 Å². The number of hydrogen-bond acceptors (Lipinski definition) is 5. The van der Waals surface area contributed by atoms with Gasteiger partial charge in [0.2, 0.25) is 0 Å². The van der Waals surface area contributed by atoms with E-state index in [2.05, 4.69) is 41.3 Å². The van der Waals surface area contributed by atoms with Crippen LogP contribution >= 0.6 is 11.3 Å². The molecule has 3 heterocycles. The number of piperidine rings is 1. The molecule has 3 aromatic rings. The summed E-state index contributed by atoms with van der Waals surface area (Å²) in [6.45, 7) is 6.09. The van der Waals surface area contributed by atoms with Gasteiger partial charge in [0.15, 0.2) is 5.13 Å². The molecule has 1 fully saturated rings. The molecule has 1 aromatic carbocycles. The van der Waals surface area contributed by atoms with Crippen LogP contribution in [0.5, 0.6) is 0 Å². The van der Waals surface area contributed by atoms with Crippen molar-refractivity contribution in [1.82, 2.24) is 20.1 Å². The molecule has 0 bridgehead atoms. The molecule has 1 amide bonds. The van der Waals surface area contributed by atoms with Crippen LogP contribution in [0.15, 0.2) is 24.5 Å². The summed E-state index contributed by atoms with van der Waals surface area (Å²) in [7, 11) is 1.82. The van der Waals surface area contributed by atoms with Crippen LogP contribution in [0.4, 0.5) is 5.13 Å². The Morgan fingerprint density at radius 3 is 2.73 bits per heavy atom. The van der Waals surface area contributed by atoms with Crippen LogP contribution in [0.25, 0.3) is 10.2 Å². The first-order valence-corrected chi connectivity index (χ1v) is 9.74. The van der Waals surface area contributed by atoms with Crippen LogP contribution < -0.4 is 10.2 Å². The molecule has 0 aliphatic carbocycles. The first-order chi connectivity index (χ1) is 12.5. The lowest BCUT2D eigenvalue weighted by atomic mass is 10.1. The summed E-state index contributed by atoms with van der Waals surface area (Å²) in [4.78, 5) is 19.5. The molecule has 0 spiro atoms. The number of benzene rings is 1. The predicted octanol–water partition coefficient (Wildman–Crippen LogP) is 3.05. The number of carbonyl (C=O) groups is 1. The van der Waals surface area contributed by atoms with Crippen molar-refractivity contribution in [2.45, 2.75) is 32.7 Å². The molecule has 1 N–H and O–H groups in total. The fraction of sp³-hybridized carbons (Fsp3) is 0.421. The van der Waals surface area contributed by atoms with E-state index in [1.54, 1.807) is 28.4 Å². The zero-order valence-corrected chi connectivity index (χ0v) is 16.1. The lowest BCUT2D eigenvalue weighted by Crippen LogP contribution is -2.44. The summed E-state index contributed by atoms with van der Waals surface area (Å²) < 4.78 is 2.89. The third kappa shape index (κ3) is 3.19. The van der Waals surface area contributed by atoms with Crippen molar-refractivity contribution in [1.29, 1.82) is 0 Å². The van der Waals surface area contributed by atoms with Crippen LogP contribution in [-0.2, 0) is 7.05 Å². The van der Waals surface area contributed by atoms with Crippen molar-refractivity contribution in [3.05, 3.63) is 41.2 Å². The molecule has 0 radical (unpaired) electrons. The molecule has 1 aliphatic heterocycles. The average molecular weight is 369 g/mol. The maximum absolute atomic E-state index is 12.3. The van der Waals surface area contributed by atoms with Crippen molar-refractivity contribution in [2.24, 2.45) is 7.05 Å². The standard InChI is InChI=1S/C19H23N5OS/c1-12-4-5-16-17(13(12)2)22-19(26-16)24-8-6-15(7-9-24)21-18(25)14-10-20-23(3)11-14/h4-5,10-11,15H,6-9H2,1-3H3,(H,21,25). The highest BCUT2D eigenvalue weighted by atomic mass is 32.1. The number of carbonyl (C=O) groups excluding carboxylic acids is 1. The molecular weight excluding hydrogens is 346 g/mol. The Bertz CT molecular complexity index is 952. The monoisotopic (exact) mass is 369 g/mol. The Labute approximate surface area is 156 Å². The van der Waals surface area contributed by atoms with Crippen molar-refractivity contribution < 1.29 is 4.79 Å². The normalized spacial score (nSPS) is 15.6. The highest BCUT2D eigenvalue weighted by molar-refractivity contribution is 7.22. The SMILES string of the molecule is Cc1ccc2sc(N3CCC(NC(=O)c4cnn(C)c4)CC3)nc2c1C. The number of aryl methyl sites for hydroxylation is 3. The van der Waals surface area contributed by atoms with Crippen molar-refractivity contribution >= 4 is 32.6 Å². The minimum Gasteiger partial charge on any atom is -0.349 e. The van der Waals surface area contributed by atoms with Gasteiger partial charge in [0.1, 0.15) is 0 Å². The van der Waals surface area contributed by atoms with E-state index in [0.717, 1.165) is 36.6 Å². The van der Waals surface area contributed by atoms with Gasteiger partial charge in [-0.05, 0) is 43.9 Å². The van der Waals surface area contributed by atoms with Gasteiger partial charge in [-0.2, -0.15) is 5.10 Å². The van der Waals surface area contributed by atoms with Crippen molar-refractivity contribution in [2.75, 3.05) is 18.0 Å². The molecule has 2 aromatic heterocycles. The number of nitrogens with one attached hydrogen (secondary N) is 1. The second-order valence-corrected chi connectivity index (χ2v) is 8.00. The van der Waals surface area contributed by atoms with Gasteiger partial charge < -0.3 is 10.2 Å². The molecule has 1 saturated heterocycles. The van der Waals surface area contributed by atoms with Crippen LogP contribution in [0.2, 0.25) is 0 Å². The van der Waals surface area contributed by atoms with E-state index in [-0.39, 0.29) is 11.9 Å². The summed E-state index contributed by atoms with van der Waals surface area (Å²) in [5.41, 5.74) is 4.29. The van der Waals surface area contributed by atoms with E-state index in [0.29, 0.717) is 5.56 Å². The number of anilines is 1. The maximum Gasteiger partial charge on any atom is 0.254 e. The van der Waals surface area contributed by atoms with Crippen molar-refractivity contribution in [3.63, 3.8) is 0 Å². The summed E-state index contributed by atoms with van der Waals surface area (Å²) in [5, 5.41) is 8.27. The van der Waals surface area contributed by atoms with Gasteiger partial charge in [0.25, 0.3) is 5.91 Å². The first kappa shape index (κ1) is 17.0. The Hall–Kier alpha value is -2.41. The van der Waals surface area contributed by atoms with E-state index in [1.807, 2.05) is 7.05 Å². The minimum atomic E-state index is -0.0392. The van der Waals surface area contributed by atoms with Gasteiger partial charge in [-0.1, -0.05) is 17.4 Å². The van der Waals surface area contributed by atoms with Crippen LogP contribution in [0.3, 0.4) is 0 Å². The molecule has 0 saturated carbocycles. The second kappa shape index (κ2) is 6.72. The zero-order chi connectivity index (χ0) is 18.3. The van der Waals surface area contributed by atoms with Gasteiger partial charge in [-0.15, -0.1) is 0 Å². The highest BCUT2D eigenvalue weighted by Gasteiger charge is 2.23. The fourth-order valence-corrected chi connectivity index (χ4v) is 4.45. The Balaban J connectivity index is 1.40. The van der Waals surface area contributed by atoms with Crippen molar-refractivity contribution in [3.8, 4) is 0 Å². The minimum absolute atomic E-state index is 0.0392. The largest absolute Gasteiger partial charge is 0.349 e. The van der Waals surface area contributed by atoms with Gasteiger partial charge in [0.05, 0.1) is 22.0 Å². The summed E-state index contributed by atoms with van der Waals surface area (Å²) in [6, 6.07) is 4.54. The highest BCUT2D eigenvalue weighted by Crippen LogP contribution is 2.33. The third-order valence-electron chi connectivity index (χ3n) is 5.14. The van der Waals surface area contributed by atoms with E-state index < -0.39 is 0 Å². The number of fused-ring (bicyclic) bond motifs is 1. The smallest absolute Gasteiger partial charge is 0.254 e. The molecule has 136 valence electrons. The molecule has 6 nitrogen and oxygen atoms in total. The number of nitrogens with zero attached hydrogens (tertiary/aromatic N) is 4. The Morgan fingerprint density at radius 2 is 2.04 bits per heavy atom. The molecule has 0 atom stereocenters. The van der Waals surface area contributed by atoms with Gasteiger partial charge in [0, 0.05) is 32.4 Å². The first-order valence-electron chi connectivity index (χ1n) is 8.92. The number of thiazole rings is 1. The summed E-state index contributed by atoms with van der Waals surface area (Å²) in [5.74, 6) is -0.0392. The lowest BCUT2D eigenvalue weighted by molar-refractivity contribution is 0.0931.